The number of thioether (sulfide) groups is 1. The molecule has 0 saturated carbocycles. The summed E-state index contributed by atoms with van der Waals surface area (Å²) in [4.78, 5) is 14.3. The predicted molar refractivity (Wildman–Crippen MR) is 93.0 cm³/mol. The molecule has 2 aliphatic rings. The molecule has 0 bridgehead atoms. The summed E-state index contributed by atoms with van der Waals surface area (Å²) in [7, 11) is 1.71. The molecular formula is C15H29ClN2O3S. The fourth-order valence-corrected chi connectivity index (χ4v) is 3.76. The van der Waals surface area contributed by atoms with E-state index in [9.17, 15) is 4.79 Å². The average Bonchev–Trinajstić information content (AvgIpc) is 2.53. The molecule has 130 valence electrons. The maximum absolute atomic E-state index is 12.3. The Balaban J connectivity index is 0.00000242. The Morgan fingerprint density at radius 2 is 2.09 bits per heavy atom. The zero-order chi connectivity index (χ0) is 14.9. The smallest absolute Gasteiger partial charge is 0.224 e. The monoisotopic (exact) mass is 352 g/mol. The third-order valence-corrected chi connectivity index (χ3v) is 5.19. The fourth-order valence-electron chi connectivity index (χ4n) is 2.82. The first-order valence-corrected chi connectivity index (χ1v) is 9.14. The van der Waals surface area contributed by atoms with Gasteiger partial charge in [0, 0.05) is 63.9 Å². The van der Waals surface area contributed by atoms with E-state index in [-0.39, 0.29) is 12.4 Å². The van der Waals surface area contributed by atoms with Gasteiger partial charge >= 0.3 is 0 Å². The van der Waals surface area contributed by atoms with E-state index in [0.717, 1.165) is 63.6 Å². The highest BCUT2D eigenvalue weighted by atomic mass is 35.5. The van der Waals surface area contributed by atoms with Crippen LogP contribution in [0.1, 0.15) is 25.7 Å². The van der Waals surface area contributed by atoms with Crippen LogP contribution in [-0.4, -0.2) is 74.4 Å². The van der Waals surface area contributed by atoms with Crippen LogP contribution in [0, 0.1) is 0 Å². The highest BCUT2D eigenvalue weighted by Gasteiger charge is 2.25. The molecular weight excluding hydrogens is 324 g/mol. The number of hydrogen-bond acceptors (Lipinski definition) is 5. The van der Waals surface area contributed by atoms with Gasteiger partial charge in [-0.05, 0) is 19.3 Å². The summed E-state index contributed by atoms with van der Waals surface area (Å²) in [5.74, 6) is 2.52. The highest BCUT2D eigenvalue weighted by Crippen LogP contribution is 2.17. The summed E-state index contributed by atoms with van der Waals surface area (Å²) in [5.41, 5.74) is 0. The van der Waals surface area contributed by atoms with Gasteiger partial charge in [0.1, 0.15) is 0 Å². The molecule has 5 nitrogen and oxygen atoms in total. The molecule has 2 heterocycles. The number of piperidine rings is 1. The quantitative estimate of drug-likeness (QED) is 0.704. The number of halogens is 1. The minimum Gasteiger partial charge on any atom is -0.385 e. The van der Waals surface area contributed by atoms with Crippen molar-refractivity contribution in [3.63, 3.8) is 0 Å². The lowest BCUT2D eigenvalue weighted by Crippen LogP contribution is -2.45. The van der Waals surface area contributed by atoms with E-state index in [1.54, 1.807) is 7.11 Å². The molecule has 0 aromatic heterocycles. The second-order valence-corrected chi connectivity index (χ2v) is 6.88. The van der Waals surface area contributed by atoms with Crippen LogP contribution >= 0.6 is 24.2 Å². The Morgan fingerprint density at radius 3 is 2.73 bits per heavy atom. The van der Waals surface area contributed by atoms with Gasteiger partial charge < -0.3 is 19.7 Å². The van der Waals surface area contributed by atoms with Gasteiger partial charge in [0.2, 0.25) is 5.91 Å². The van der Waals surface area contributed by atoms with Crippen molar-refractivity contribution in [1.82, 2.24) is 10.2 Å². The lowest BCUT2D eigenvalue weighted by atomic mass is 10.1. The van der Waals surface area contributed by atoms with E-state index in [0.29, 0.717) is 24.5 Å². The van der Waals surface area contributed by atoms with Crippen LogP contribution in [0.15, 0.2) is 0 Å². The third-order valence-electron chi connectivity index (χ3n) is 4.06. The largest absolute Gasteiger partial charge is 0.385 e. The predicted octanol–water partition coefficient (Wildman–Crippen LogP) is 1.55. The number of carbonyl (C=O) groups is 1. The van der Waals surface area contributed by atoms with E-state index < -0.39 is 0 Å². The lowest BCUT2D eigenvalue weighted by Gasteiger charge is -2.33. The zero-order valence-electron chi connectivity index (χ0n) is 13.4. The Hall–Kier alpha value is -0.0100. The first kappa shape index (κ1) is 20.0. The van der Waals surface area contributed by atoms with Crippen LogP contribution < -0.4 is 5.32 Å². The molecule has 0 spiro atoms. The Labute approximate surface area is 144 Å². The number of rotatable bonds is 7. The van der Waals surface area contributed by atoms with Crippen molar-refractivity contribution in [2.75, 3.05) is 51.5 Å². The number of nitrogens with zero attached hydrogens (tertiary/aromatic N) is 1. The normalized spacial score (nSPS) is 23.1. The topological polar surface area (TPSA) is 50.8 Å². The van der Waals surface area contributed by atoms with E-state index in [4.69, 9.17) is 9.47 Å². The standard InChI is InChI=1S/C15H28N2O3S.ClH/c1-19-8-2-9-20-14-3-6-17(7-4-14)15(18)11-13-12-21-10-5-16-13;/h13-14,16H,2-12H2,1H3;1H. The maximum atomic E-state index is 12.3. The number of hydrogen-bond donors (Lipinski definition) is 1. The number of likely N-dealkylation sites (tertiary alicyclic amines) is 1. The second kappa shape index (κ2) is 11.5. The number of carbonyl (C=O) groups excluding carboxylic acids is 1. The van der Waals surface area contributed by atoms with Gasteiger partial charge in [-0.25, -0.2) is 0 Å². The first-order valence-electron chi connectivity index (χ1n) is 7.99. The zero-order valence-corrected chi connectivity index (χ0v) is 15.1. The number of methoxy groups -OCH3 is 1. The van der Waals surface area contributed by atoms with Crippen LogP contribution in [0.3, 0.4) is 0 Å². The molecule has 2 fully saturated rings. The van der Waals surface area contributed by atoms with Gasteiger partial charge in [-0.1, -0.05) is 0 Å². The SMILES string of the molecule is COCCCOC1CCN(C(=O)CC2CSCCN2)CC1.Cl. The highest BCUT2D eigenvalue weighted by molar-refractivity contribution is 7.99. The van der Waals surface area contributed by atoms with Crippen molar-refractivity contribution in [3.8, 4) is 0 Å². The van der Waals surface area contributed by atoms with Crippen molar-refractivity contribution in [2.24, 2.45) is 0 Å². The molecule has 1 atom stereocenters. The van der Waals surface area contributed by atoms with Crippen LogP contribution in [0.2, 0.25) is 0 Å². The average molecular weight is 353 g/mol. The van der Waals surface area contributed by atoms with Gasteiger partial charge in [-0.15, -0.1) is 12.4 Å². The summed E-state index contributed by atoms with van der Waals surface area (Å²) in [5, 5.41) is 3.43. The number of ether oxygens (including phenoxy) is 2. The van der Waals surface area contributed by atoms with Crippen molar-refractivity contribution in [1.29, 1.82) is 0 Å². The van der Waals surface area contributed by atoms with E-state index in [1.807, 2.05) is 16.7 Å². The maximum Gasteiger partial charge on any atom is 0.224 e. The molecule has 1 amide bonds. The number of amides is 1. The molecule has 1 unspecified atom stereocenters. The van der Waals surface area contributed by atoms with Crippen molar-refractivity contribution < 1.29 is 14.3 Å². The van der Waals surface area contributed by atoms with E-state index in [1.165, 1.54) is 0 Å². The van der Waals surface area contributed by atoms with E-state index >= 15 is 0 Å². The third kappa shape index (κ3) is 7.04. The van der Waals surface area contributed by atoms with Gasteiger partial charge in [0.25, 0.3) is 0 Å². The molecule has 0 aromatic rings. The molecule has 0 aromatic carbocycles. The Kier molecular flexibility index (Phi) is 10.5. The first-order chi connectivity index (χ1) is 10.3. The van der Waals surface area contributed by atoms with Crippen LogP contribution in [-0.2, 0) is 14.3 Å². The molecule has 22 heavy (non-hydrogen) atoms. The molecule has 0 aliphatic carbocycles. The van der Waals surface area contributed by atoms with Crippen molar-refractivity contribution in [2.45, 2.75) is 37.8 Å². The Morgan fingerprint density at radius 1 is 1.32 bits per heavy atom. The van der Waals surface area contributed by atoms with Crippen LogP contribution in [0.4, 0.5) is 0 Å². The van der Waals surface area contributed by atoms with Crippen LogP contribution in [0.25, 0.3) is 0 Å². The number of nitrogens with one attached hydrogen (secondary N) is 1. The molecule has 2 aliphatic heterocycles. The van der Waals surface area contributed by atoms with Gasteiger partial charge in [0.15, 0.2) is 0 Å². The minimum absolute atomic E-state index is 0. The second-order valence-electron chi connectivity index (χ2n) is 5.73. The fraction of sp³-hybridized carbons (Fsp3) is 0.933. The van der Waals surface area contributed by atoms with Crippen molar-refractivity contribution in [3.05, 3.63) is 0 Å². The molecule has 0 radical (unpaired) electrons. The lowest BCUT2D eigenvalue weighted by molar-refractivity contribution is -0.134. The molecule has 2 saturated heterocycles. The minimum atomic E-state index is 0. The summed E-state index contributed by atoms with van der Waals surface area (Å²) in [6.45, 7) is 4.22. The van der Waals surface area contributed by atoms with E-state index in [2.05, 4.69) is 5.32 Å². The summed E-state index contributed by atoms with van der Waals surface area (Å²) in [6, 6.07) is 0.360. The Bertz CT molecular complexity index is 309. The molecule has 1 N–H and O–H groups in total. The molecule has 7 heteroatoms. The summed E-state index contributed by atoms with van der Waals surface area (Å²) >= 11 is 1.94. The summed E-state index contributed by atoms with van der Waals surface area (Å²) < 4.78 is 10.8. The van der Waals surface area contributed by atoms with Gasteiger partial charge in [-0.2, -0.15) is 11.8 Å². The van der Waals surface area contributed by atoms with Crippen molar-refractivity contribution >= 4 is 30.1 Å². The summed E-state index contributed by atoms with van der Waals surface area (Å²) in [6.07, 6.45) is 3.83. The van der Waals surface area contributed by atoms with Gasteiger partial charge in [-0.3, -0.25) is 4.79 Å². The van der Waals surface area contributed by atoms with Gasteiger partial charge in [0.05, 0.1) is 6.10 Å². The molecule has 2 rings (SSSR count). The van der Waals surface area contributed by atoms with Crippen LogP contribution in [0.5, 0.6) is 0 Å².